The van der Waals surface area contributed by atoms with Gasteiger partial charge in [-0.05, 0) is 37.3 Å². The number of anilines is 1. The summed E-state index contributed by atoms with van der Waals surface area (Å²) in [7, 11) is 2.77. The molecule has 0 aliphatic heterocycles. The number of carbonyl (C=O) groups excluding carboxylic acids is 1. The summed E-state index contributed by atoms with van der Waals surface area (Å²) < 4.78 is 31.7. The van der Waals surface area contributed by atoms with Gasteiger partial charge in [-0.25, -0.2) is 12.7 Å². The first-order chi connectivity index (χ1) is 12.1. The van der Waals surface area contributed by atoms with Crippen molar-refractivity contribution in [2.75, 3.05) is 33.1 Å². The number of carbonyl (C=O) groups is 1. The number of hydrogen-bond donors (Lipinski definition) is 1. The van der Waals surface area contributed by atoms with E-state index in [1.54, 1.807) is 43.5 Å². The Kier molecular flexibility index (Phi) is 6.09. The molecule has 0 aliphatic carbocycles. The first-order valence-electron chi connectivity index (χ1n) is 8.20. The molecule has 2 rings (SSSR count). The molecule has 8 heteroatoms. The molecule has 0 spiro atoms. The van der Waals surface area contributed by atoms with Crippen molar-refractivity contribution in [2.45, 2.75) is 24.3 Å². The molecule has 1 aromatic carbocycles. The fourth-order valence-corrected chi connectivity index (χ4v) is 3.70. The first kappa shape index (κ1) is 20.0. The monoisotopic (exact) mass is 379 g/mol. The van der Waals surface area contributed by atoms with Crippen molar-refractivity contribution < 1.29 is 17.6 Å². The Morgan fingerprint density at radius 1 is 1.19 bits per heavy atom. The summed E-state index contributed by atoms with van der Waals surface area (Å²) in [6.07, 6.45) is 2.14. The van der Waals surface area contributed by atoms with E-state index in [1.165, 1.54) is 20.2 Å². The molecule has 1 N–H and O–H groups in total. The lowest BCUT2D eigenvalue weighted by Gasteiger charge is -2.21. The Morgan fingerprint density at radius 2 is 1.88 bits per heavy atom. The van der Waals surface area contributed by atoms with Crippen LogP contribution in [0.2, 0.25) is 0 Å². The third kappa shape index (κ3) is 4.44. The van der Waals surface area contributed by atoms with Gasteiger partial charge in [0.2, 0.25) is 10.0 Å². The molecule has 0 aliphatic rings. The first-order valence-corrected chi connectivity index (χ1v) is 9.64. The fourth-order valence-electron chi connectivity index (χ4n) is 2.52. The van der Waals surface area contributed by atoms with E-state index >= 15 is 0 Å². The van der Waals surface area contributed by atoms with Gasteiger partial charge in [-0.2, -0.15) is 0 Å². The maximum atomic E-state index is 12.6. The van der Waals surface area contributed by atoms with E-state index in [0.29, 0.717) is 17.7 Å². The predicted octanol–water partition coefficient (Wildman–Crippen LogP) is 1.96. The molecule has 1 amide bonds. The maximum Gasteiger partial charge on any atom is 0.251 e. The van der Waals surface area contributed by atoms with Gasteiger partial charge in [-0.1, -0.05) is 0 Å². The molecule has 2 aromatic rings. The third-order valence-electron chi connectivity index (χ3n) is 3.93. The van der Waals surface area contributed by atoms with Crippen LogP contribution in [0.15, 0.2) is 45.9 Å². The molecule has 1 heterocycles. The Hall–Kier alpha value is -2.32. The van der Waals surface area contributed by atoms with Crippen molar-refractivity contribution in [3.05, 3.63) is 47.9 Å². The van der Waals surface area contributed by atoms with Gasteiger partial charge >= 0.3 is 0 Å². The summed E-state index contributed by atoms with van der Waals surface area (Å²) in [5.41, 5.74) is 0.821. The van der Waals surface area contributed by atoms with Crippen molar-refractivity contribution >= 4 is 21.6 Å². The van der Waals surface area contributed by atoms with Crippen LogP contribution < -0.4 is 10.2 Å². The second-order valence-corrected chi connectivity index (χ2v) is 8.64. The maximum absolute atomic E-state index is 12.6. The minimum atomic E-state index is -3.68. The third-order valence-corrected chi connectivity index (χ3v) is 5.77. The van der Waals surface area contributed by atoms with Gasteiger partial charge in [0.05, 0.1) is 12.0 Å². The molecule has 1 atom stereocenters. The van der Waals surface area contributed by atoms with Crippen LogP contribution in [-0.4, -0.2) is 52.9 Å². The summed E-state index contributed by atoms with van der Waals surface area (Å²) in [6, 6.07) is 8.16. The second kappa shape index (κ2) is 7.92. The minimum absolute atomic E-state index is 0.0961. The zero-order valence-corrected chi connectivity index (χ0v) is 16.5. The van der Waals surface area contributed by atoms with Crippen LogP contribution in [0.3, 0.4) is 0 Å². The van der Waals surface area contributed by atoms with Gasteiger partial charge in [-0.15, -0.1) is 0 Å². The Morgan fingerprint density at radius 3 is 2.42 bits per heavy atom. The quantitative estimate of drug-likeness (QED) is 0.795. The zero-order chi connectivity index (χ0) is 19.5. The lowest BCUT2D eigenvalue weighted by molar-refractivity contribution is 0.0939. The second-order valence-electron chi connectivity index (χ2n) is 6.52. The van der Waals surface area contributed by atoms with E-state index in [0.717, 1.165) is 10.1 Å². The summed E-state index contributed by atoms with van der Waals surface area (Å²) in [5, 5.41) is 2.87. The highest BCUT2D eigenvalue weighted by atomic mass is 32.2. The normalized spacial score (nSPS) is 12.8. The van der Waals surface area contributed by atoms with E-state index in [-0.39, 0.29) is 16.8 Å². The predicted molar refractivity (Wildman–Crippen MR) is 101 cm³/mol. The molecule has 0 fully saturated rings. The summed E-state index contributed by atoms with van der Waals surface area (Å²) >= 11 is 0. The van der Waals surface area contributed by atoms with Crippen LogP contribution in [0.4, 0.5) is 5.69 Å². The molecular formula is C18H25N3O4S. The molecule has 26 heavy (non-hydrogen) atoms. The van der Waals surface area contributed by atoms with E-state index in [2.05, 4.69) is 5.32 Å². The number of amides is 1. The van der Waals surface area contributed by atoms with Crippen LogP contribution in [0.5, 0.6) is 0 Å². The summed E-state index contributed by atoms with van der Waals surface area (Å²) in [5.74, 6) is 0.446. The van der Waals surface area contributed by atoms with Crippen molar-refractivity contribution in [1.82, 2.24) is 9.62 Å². The van der Waals surface area contributed by atoms with Gasteiger partial charge in [0.1, 0.15) is 10.7 Å². The number of rotatable bonds is 7. The molecular weight excluding hydrogens is 354 g/mol. The van der Waals surface area contributed by atoms with E-state index < -0.39 is 10.0 Å². The number of sulfonamides is 1. The summed E-state index contributed by atoms with van der Waals surface area (Å²) in [4.78, 5) is 14.4. The topological polar surface area (TPSA) is 82.9 Å². The van der Waals surface area contributed by atoms with Gasteiger partial charge in [0, 0.05) is 46.2 Å². The largest absolute Gasteiger partial charge is 0.469 e. The van der Waals surface area contributed by atoms with Gasteiger partial charge in [0.25, 0.3) is 5.91 Å². The molecule has 0 bridgehead atoms. The molecule has 1 aromatic heterocycles. The number of nitrogens with one attached hydrogen (secondary N) is 1. The van der Waals surface area contributed by atoms with Crippen molar-refractivity contribution in [3.8, 4) is 0 Å². The van der Waals surface area contributed by atoms with Crippen LogP contribution >= 0.6 is 0 Å². The highest BCUT2D eigenvalue weighted by Crippen LogP contribution is 2.27. The van der Waals surface area contributed by atoms with Crippen LogP contribution in [0.25, 0.3) is 0 Å². The molecule has 142 valence electrons. The smallest absolute Gasteiger partial charge is 0.251 e. The van der Waals surface area contributed by atoms with E-state index in [9.17, 15) is 13.2 Å². The van der Waals surface area contributed by atoms with E-state index in [1.807, 2.05) is 13.0 Å². The SMILES string of the molecule is C[C@@H](Cc1ccco1)NC(=O)c1ccc(N(C)C)c(S(=O)(=O)N(C)C)c1. The van der Waals surface area contributed by atoms with Crippen molar-refractivity contribution in [1.29, 1.82) is 0 Å². The number of hydrogen-bond acceptors (Lipinski definition) is 5. The average molecular weight is 379 g/mol. The fraction of sp³-hybridized carbons (Fsp3) is 0.389. The lowest BCUT2D eigenvalue weighted by Crippen LogP contribution is -2.34. The van der Waals surface area contributed by atoms with Crippen molar-refractivity contribution in [3.63, 3.8) is 0 Å². The van der Waals surface area contributed by atoms with E-state index in [4.69, 9.17) is 4.42 Å². The minimum Gasteiger partial charge on any atom is -0.469 e. The van der Waals surface area contributed by atoms with Crippen LogP contribution in [0.1, 0.15) is 23.0 Å². The highest BCUT2D eigenvalue weighted by molar-refractivity contribution is 7.89. The lowest BCUT2D eigenvalue weighted by atomic mass is 10.1. The van der Waals surface area contributed by atoms with Crippen molar-refractivity contribution in [2.24, 2.45) is 0 Å². The molecule has 0 saturated heterocycles. The molecule has 7 nitrogen and oxygen atoms in total. The number of furan rings is 1. The number of benzene rings is 1. The number of nitrogens with zero attached hydrogens (tertiary/aromatic N) is 2. The Bertz CT molecular complexity index is 859. The Labute approximate surface area is 154 Å². The standard InChI is InChI=1S/C18H25N3O4S/c1-13(11-15-7-6-10-25-15)19-18(22)14-8-9-16(20(2)3)17(12-14)26(23,24)21(4)5/h6-10,12-13H,11H2,1-5H3,(H,19,22)/t13-/m0/s1. The zero-order valence-electron chi connectivity index (χ0n) is 15.7. The molecule has 0 unspecified atom stereocenters. The molecule has 0 saturated carbocycles. The van der Waals surface area contributed by atoms with Crippen LogP contribution in [0, 0.1) is 0 Å². The average Bonchev–Trinajstić information content (AvgIpc) is 3.06. The van der Waals surface area contributed by atoms with Gasteiger partial charge in [-0.3, -0.25) is 4.79 Å². The van der Waals surface area contributed by atoms with Crippen LogP contribution in [-0.2, 0) is 16.4 Å². The van der Waals surface area contributed by atoms with Gasteiger partial charge in [0.15, 0.2) is 0 Å². The van der Waals surface area contributed by atoms with Gasteiger partial charge < -0.3 is 14.6 Å². The molecule has 0 radical (unpaired) electrons. The summed E-state index contributed by atoms with van der Waals surface area (Å²) in [6.45, 7) is 1.87. The Balaban J connectivity index is 2.28. The highest BCUT2D eigenvalue weighted by Gasteiger charge is 2.24.